The first kappa shape index (κ1) is 14.5. The molecule has 1 aliphatic heterocycles. The van der Waals surface area contributed by atoms with Crippen LogP contribution < -0.4 is 0 Å². The van der Waals surface area contributed by atoms with Gasteiger partial charge in [0.15, 0.2) is 11.8 Å². The third-order valence-corrected chi connectivity index (χ3v) is 3.56. The van der Waals surface area contributed by atoms with Gasteiger partial charge in [0.2, 0.25) is 0 Å². The Morgan fingerprint density at radius 1 is 1.41 bits per heavy atom. The highest BCUT2D eigenvalue weighted by Gasteiger charge is 2.34. The first-order chi connectivity index (χ1) is 10.5. The van der Waals surface area contributed by atoms with Crippen LogP contribution >= 0.6 is 0 Å². The minimum absolute atomic E-state index is 0.0155. The molecule has 8 nitrogen and oxygen atoms in total. The van der Waals surface area contributed by atoms with E-state index in [0.717, 1.165) is 5.69 Å². The normalized spacial score (nSPS) is 22.0. The van der Waals surface area contributed by atoms with Gasteiger partial charge in [-0.05, 0) is 19.9 Å². The van der Waals surface area contributed by atoms with Crippen LogP contribution in [0, 0.1) is 6.92 Å². The number of nitrogens with zero attached hydrogens (tertiary/aromatic N) is 4. The number of ether oxygens (including phenoxy) is 1. The Bertz CT molecular complexity index is 742. The van der Waals surface area contributed by atoms with Gasteiger partial charge >= 0.3 is 5.97 Å². The van der Waals surface area contributed by atoms with Gasteiger partial charge in [0.1, 0.15) is 5.56 Å². The molecule has 1 saturated heterocycles. The van der Waals surface area contributed by atoms with E-state index in [1.807, 2.05) is 6.92 Å². The van der Waals surface area contributed by atoms with Gasteiger partial charge in [-0.15, -0.1) is 0 Å². The SMILES string of the molecule is Cc1ccn2ncc(C(=O)N3CC(C(=O)O)O[C@H](C)C3)c2n1. The molecule has 0 spiro atoms. The number of carboxylic acids is 1. The monoisotopic (exact) mass is 304 g/mol. The highest BCUT2D eigenvalue weighted by Crippen LogP contribution is 2.17. The predicted molar refractivity (Wildman–Crippen MR) is 75.6 cm³/mol. The van der Waals surface area contributed by atoms with Crippen LogP contribution in [0.5, 0.6) is 0 Å². The molecule has 1 aliphatic rings. The van der Waals surface area contributed by atoms with E-state index in [4.69, 9.17) is 9.84 Å². The standard InChI is InChI=1S/C14H16N4O4/c1-8-3-4-18-12(16-8)10(5-15-18)13(19)17-6-9(2)22-11(7-17)14(20)21/h3-5,9,11H,6-7H2,1-2H3,(H,20,21)/t9-,11?/m1/s1. The van der Waals surface area contributed by atoms with E-state index in [0.29, 0.717) is 17.8 Å². The van der Waals surface area contributed by atoms with Crippen molar-refractivity contribution in [2.75, 3.05) is 13.1 Å². The Kier molecular flexibility index (Phi) is 3.53. The largest absolute Gasteiger partial charge is 0.479 e. The number of hydrogen-bond donors (Lipinski definition) is 1. The molecular formula is C14H16N4O4. The van der Waals surface area contributed by atoms with E-state index in [-0.39, 0.29) is 18.6 Å². The molecule has 3 heterocycles. The number of aromatic nitrogens is 3. The van der Waals surface area contributed by atoms with Crippen molar-refractivity contribution < 1.29 is 19.4 Å². The molecule has 1 N–H and O–H groups in total. The minimum Gasteiger partial charge on any atom is -0.479 e. The van der Waals surface area contributed by atoms with E-state index in [1.54, 1.807) is 19.2 Å². The molecule has 1 unspecified atom stereocenters. The number of aliphatic carboxylic acids is 1. The number of morpholine rings is 1. The second-order valence-electron chi connectivity index (χ2n) is 5.38. The van der Waals surface area contributed by atoms with Gasteiger partial charge in [-0.2, -0.15) is 5.10 Å². The maximum absolute atomic E-state index is 12.7. The number of carbonyl (C=O) groups is 2. The molecule has 22 heavy (non-hydrogen) atoms. The number of rotatable bonds is 2. The summed E-state index contributed by atoms with van der Waals surface area (Å²) >= 11 is 0. The zero-order valence-corrected chi connectivity index (χ0v) is 12.3. The molecule has 0 bridgehead atoms. The average Bonchev–Trinajstić information content (AvgIpc) is 2.88. The van der Waals surface area contributed by atoms with Gasteiger partial charge in [-0.1, -0.05) is 0 Å². The molecule has 0 radical (unpaired) electrons. The van der Waals surface area contributed by atoms with Crippen LogP contribution in [0.15, 0.2) is 18.5 Å². The van der Waals surface area contributed by atoms with Crippen LogP contribution in [-0.4, -0.2) is 61.8 Å². The highest BCUT2D eigenvalue weighted by atomic mass is 16.5. The van der Waals surface area contributed by atoms with E-state index in [1.165, 1.54) is 15.6 Å². The van der Waals surface area contributed by atoms with Crippen LogP contribution in [0.2, 0.25) is 0 Å². The first-order valence-electron chi connectivity index (χ1n) is 6.94. The zero-order chi connectivity index (χ0) is 15.9. The minimum atomic E-state index is -1.07. The molecule has 3 rings (SSSR count). The smallest absolute Gasteiger partial charge is 0.334 e. The molecule has 1 fully saturated rings. The zero-order valence-electron chi connectivity index (χ0n) is 12.3. The van der Waals surface area contributed by atoms with E-state index < -0.39 is 12.1 Å². The summed E-state index contributed by atoms with van der Waals surface area (Å²) in [6.07, 6.45) is 1.84. The maximum atomic E-state index is 12.7. The predicted octanol–water partition coefficient (Wildman–Crippen LogP) is 0.352. The number of amides is 1. The molecule has 0 saturated carbocycles. The van der Waals surface area contributed by atoms with Crippen molar-refractivity contribution >= 4 is 17.5 Å². The molecule has 0 aliphatic carbocycles. The summed E-state index contributed by atoms with van der Waals surface area (Å²) in [7, 11) is 0. The van der Waals surface area contributed by atoms with Crippen LogP contribution in [0.4, 0.5) is 0 Å². The van der Waals surface area contributed by atoms with Crippen molar-refractivity contribution in [2.45, 2.75) is 26.1 Å². The fourth-order valence-corrected chi connectivity index (χ4v) is 2.53. The summed E-state index contributed by atoms with van der Waals surface area (Å²) in [6, 6.07) is 1.80. The lowest BCUT2D eigenvalue weighted by Gasteiger charge is -2.34. The fraction of sp³-hybridized carbons (Fsp3) is 0.429. The van der Waals surface area contributed by atoms with Crippen LogP contribution in [0.3, 0.4) is 0 Å². The lowest BCUT2D eigenvalue weighted by atomic mass is 10.2. The second kappa shape index (κ2) is 5.38. The average molecular weight is 304 g/mol. The van der Waals surface area contributed by atoms with Crippen LogP contribution in [-0.2, 0) is 9.53 Å². The molecule has 2 aromatic rings. The Balaban J connectivity index is 1.91. The molecule has 8 heteroatoms. The Morgan fingerprint density at radius 2 is 2.18 bits per heavy atom. The quantitative estimate of drug-likeness (QED) is 0.860. The third kappa shape index (κ3) is 2.52. The highest BCUT2D eigenvalue weighted by molar-refractivity contribution is 6.00. The maximum Gasteiger partial charge on any atom is 0.334 e. The summed E-state index contributed by atoms with van der Waals surface area (Å²) in [4.78, 5) is 29.6. The van der Waals surface area contributed by atoms with Crippen molar-refractivity contribution in [1.29, 1.82) is 0 Å². The van der Waals surface area contributed by atoms with Gasteiger partial charge in [-0.25, -0.2) is 14.3 Å². The summed E-state index contributed by atoms with van der Waals surface area (Å²) in [6.45, 7) is 3.93. The molecule has 116 valence electrons. The van der Waals surface area contributed by atoms with E-state index in [9.17, 15) is 9.59 Å². The van der Waals surface area contributed by atoms with Crippen molar-refractivity contribution in [1.82, 2.24) is 19.5 Å². The number of carbonyl (C=O) groups excluding carboxylic acids is 1. The summed E-state index contributed by atoms with van der Waals surface area (Å²) in [5.74, 6) is -1.35. The van der Waals surface area contributed by atoms with E-state index >= 15 is 0 Å². The van der Waals surface area contributed by atoms with Gasteiger partial charge in [0.25, 0.3) is 5.91 Å². The van der Waals surface area contributed by atoms with E-state index in [2.05, 4.69) is 10.1 Å². The van der Waals surface area contributed by atoms with Gasteiger partial charge in [-0.3, -0.25) is 4.79 Å². The summed E-state index contributed by atoms with van der Waals surface area (Å²) < 4.78 is 6.85. The van der Waals surface area contributed by atoms with Crippen molar-refractivity contribution in [2.24, 2.45) is 0 Å². The summed E-state index contributed by atoms with van der Waals surface area (Å²) in [5.41, 5.74) is 1.61. The third-order valence-electron chi connectivity index (χ3n) is 3.56. The second-order valence-corrected chi connectivity index (χ2v) is 5.38. The van der Waals surface area contributed by atoms with Gasteiger partial charge in [0, 0.05) is 18.4 Å². The lowest BCUT2D eigenvalue weighted by Crippen LogP contribution is -2.51. The molecular weight excluding hydrogens is 288 g/mol. The van der Waals surface area contributed by atoms with Gasteiger partial charge in [0.05, 0.1) is 18.8 Å². The number of carboxylic acid groups (broad SMARTS) is 1. The molecule has 2 aromatic heterocycles. The molecule has 0 aromatic carbocycles. The molecule has 1 amide bonds. The first-order valence-corrected chi connectivity index (χ1v) is 6.94. The lowest BCUT2D eigenvalue weighted by molar-refractivity contribution is -0.160. The topological polar surface area (TPSA) is 97.0 Å². The van der Waals surface area contributed by atoms with Gasteiger partial charge < -0.3 is 14.7 Å². The Hall–Kier alpha value is -2.48. The molecule has 2 atom stereocenters. The van der Waals surface area contributed by atoms with Crippen LogP contribution in [0.25, 0.3) is 5.65 Å². The van der Waals surface area contributed by atoms with Crippen molar-refractivity contribution in [3.8, 4) is 0 Å². The number of fused-ring (bicyclic) bond motifs is 1. The van der Waals surface area contributed by atoms with Crippen molar-refractivity contribution in [3.05, 3.63) is 29.7 Å². The fourth-order valence-electron chi connectivity index (χ4n) is 2.53. The Labute approximate surface area is 126 Å². The number of aryl methyl sites for hydroxylation is 1. The van der Waals surface area contributed by atoms with Crippen LogP contribution in [0.1, 0.15) is 23.0 Å². The Morgan fingerprint density at radius 3 is 2.91 bits per heavy atom. The van der Waals surface area contributed by atoms with Crippen molar-refractivity contribution in [3.63, 3.8) is 0 Å². The number of hydrogen-bond acceptors (Lipinski definition) is 5. The summed E-state index contributed by atoms with van der Waals surface area (Å²) in [5, 5.41) is 13.2.